The summed E-state index contributed by atoms with van der Waals surface area (Å²) in [5, 5.41) is 8.29. The van der Waals surface area contributed by atoms with Crippen molar-refractivity contribution < 1.29 is 28.7 Å². The minimum absolute atomic E-state index is 0.128. The average Bonchev–Trinajstić information content (AvgIpc) is 1.98. The molecule has 0 aromatic heterocycles. The van der Waals surface area contributed by atoms with Crippen molar-refractivity contribution in [3.05, 3.63) is 0 Å². The van der Waals surface area contributed by atoms with E-state index in [1.807, 2.05) is 0 Å². The molecule has 0 saturated heterocycles. The molecule has 0 aliphatic carbocycles. The molecule has 0 aromatic rings. The summed E-state index contributed by atoms with van der Waals surface area (Å²) in [5.41, 5.74) is 5.05. The van der Waals surface area contributed by atoms with Crippen LogP contribution in [0.25, 0.3) is 0 Å². The lowest BCUT2D eigenvalue weighted by Crippen LogP contribution is -2.30. The zero-order valence-electron chi connectivity index (χ0n) is 6.54. The number of carbonyl (C=O) groups is 2. The van der Waals surface area contributed by atoms with E-state index in [-0.39, 0.29) is 12.8 Å². The summed E-state index contributed by atoms with van der Waals surface area (Å²) in [6, 6.07) is -1.16. The van der Waals surface area contributed by atoms with Gasteiger partial charge in [-0.15, -0.1) is 4.89 Å². The fraction of sp³-hybridized carbons (Fsp3) is 0.600. The van der Waals surface area contributed by atoms with Crippen molar-refractivity contribution in [2.75, 3.05) is 0 Å². The fourth-order valence-corrected chi connectivity index (χ4v) is 0.795. The molecule has 0 heterocycles. The maximum Gasteiger partial charge on any atom is 0.750 e. The van der Waals surface area contributed by atoms with Crippen molar-refractivity contribution in [2.45, 2.75) is 18.9 Å². The molecule has 0 aliphatic rings. The Morgan fingerprint density at radius 1 is 1.54 bits per heavy atom. The number of carboxylic acid groups (broad SMARTS) is 1. The second kappa shape index (κ2) is 5.58. The predicted molar refractivity (Wildman–Crippen MR) is 40.8 cm³/mol. The zero-order valence-corrected chi connectivity index (χ0v) is 7.44. The van der Waals surface area contributed by atoms with Gasteiger partial charge in [0.2, 0.25) is 0 Å². The van der Waals surface area contributed by atoms with Crippen LogP contribution in [0.2, 0.25) is 0 Å². The molecule has 0 aromatic carbocycles. The van der Waals surface area contributed by atoms with Crippen LogP contribution in [0.1, 0.15) is 12.8 Å². The first-order valence-corrected chi connectivity index (χ1v) is 4.42. The van der Waals surface area contributed by atoms with Crippen LogP contribution in [0.3, 0.4) is 0 Å². The Morgan fingerprint density at radius 3 is 2.46 bits per heavy atom. The summed E-state index contributed by atoms with van der Waals surface area (Å²) in [5.74, 6) is -2.18. The van der Waals surface area contributed by atoms with E-state index in [1.165, 1.54) is 0 Å². The lowest BCUT2D eigenvalue weighted by molar-refractivity contribution is -0.139. The second-order valence-electron chi connectivity index (χ2n) is 2.18. The molecule has 7 nitrogen and oxygen atoms in total. The molecule has 0 radical (unpaired) electrons. The molecular weight excluding hydrogens is 201 g/mol. The number of hydrogen-bond donors (Lipinski definition) is 3. The molecular formula is C5H9NO6P+. The summed E-state index contributed by atoms with van der Waals surface area (Å²) >= 11 is 0. The van der Waals surface area contributed by atoms with E-state index >= 15 is 0 Å². The summed E-state index contributed by atoms with van der Waals surface area (Å²) in [6.07, 6.45) is -0.424. The minimum Gasteiger partial charge on any atom is -0.480 e. The van der Waals surface area contributed by atoms with Gasteiger partial charge in [0, 0.05) is 4.57 Å². The molecule has 74 valence electrons. The Kier molecular flexibility index (Phi) is 5.13. The molecule has 1 unspecified atom stereocenters. The summed E-state index contributed by atoms with van der Waals surface area (Å²) in [6.45, 7) is 0. The molecule has 8 heteroatoms. The van der Waals surface area contributed by atoms with Crippen molar-refractivity contribution in [3.8, 4) is 0 Å². The van der Waals surface area contributed by atoms with Crippen LogP contribution in [0.15, 0.2) is 0 Å². The highest BCUT2D eigenvalue weighted by molar-refractivity contribution is 7.32. The SMILES string of the molecule is N[C@@H](CCC(=O)O[P+](=O)O)C(=O)O. The van der Waals surface area contributed by atoms with Gasteiger partial charge in [-0.05, 0) is 6.42 Å². The molecule has 0 aliphatic heterocycles. The van der Waals surface area contributed by atoms with Crippen LogP contribution in [-0.2, 0) is 18.7 Å². The average molecular weight is 210 g/mol. The van der Waals surface area contributed by atoms with E-state index in [1.54, 1.807) is 0 Å². The monoisotopic (exact) mass is 210 g/mol. The van der Waals surface area contributed by atoms with Gasteiger partial charge in [-0.3, -0.25) is 4.79 Å². The summed E-state index contributed by atoms with van der Waals surface area (Å²) in [4.78, 5) is 28.8. The third kappa shape index (κ3) is 6.15. The maximum atomic E-state index is 10.6. The van der Waals surface area contributed by atoms with Gasteiger partial charge in [-0.1, -0.05) is 0 Å². The molecule has 2 atom stereocenters. The van der Waals surface area contributed by atoms with Crippen LogP contribution in [0.5, 0.6) is 0 Å². The van der Waals surface area contributed by atoms with Crippen molar-refractivity contribution >= 4 is 20.2 Å². The van der Waals surface area contributed by atoms with E-state index in [0.717, 1.165) is 0 Å². The van der Waals surface area contributed by atoms with E-state index in [0.29, 0.717) is 0 Å². The molecule has 13 heavy (non-hydrogen) atoms. The number of carbonyl (C=O) groups excluding carboxylic acids is 1. The largest absolute Gasteiger partial charge is 0.750 e. The van der Waals surface area contributed by atoms with Crippen molar-refractivity contribution in [2.24, 2.45) is 5.73 Å². The van der Waals surface area contributed by atoms with E-state index in [9.17, 15) is 14.2 Å². The Labute approximate surface area is 74.4 Å². The summed E-state index contributed by atoms with van der Waals surface area (Å²) in [7, 11) is -2.97. The molecule has 0 bridgehead atoms. The van der Waals surface area contributed by atoms with Crippen molar-refractivity contribution in [1.82, 2.24) is 0 Å². The second-order valence-corrected chi connectivity index (χ2v) is 2.84. The lowest BCUT2D eigenvalue weighted by Gasteiger charge is -2.01. The lowest BCUT2D eigenvalue weighted by atomic mass is 10.2. The van der Waals surface area contributed by atoms with E-state index in [4.69, 9.17) is 15.7 Å². The first-order chi connectivity index (χ1) is 5.93. The highest BCUT2D eigenvalue weighted by Crippen LogP contribution is 2.16. The molecule has 0 spiro atoms. The number of nitrogens with two attached hydrogens (primary N) is 1. The third-order valence-electron chi connectivity index (χ3n) is 1.16. The Morgan fingerprint density at radius 2 is 2.08 bits per heavy atom. The maximum absolute atomic E-state index is 10.6. The smallest absolute Gasteiger partial charge is 0.480 e. The van der Waals surface area contributed by atoms with Gasteiger partial charge in [0.15, 0.2) is 0 Å². The highest BCUT2D eigenvalue weighted by atomic mass is 31.1. The third-order valence-corrected chi connectivity index (χ3v) is 1.52. The van der Waals surface area contributed by atoms with Crippen LogP contribution >= 0.6 is 8.25 Å². The van der Waals surface area contributed by atoms with Crippen molar-refractivity contribution in [3.63, 3.8) is 0 Å². The van der Waals surface area contributed by atoms with Crippen LogP contribution in [-0.4, -0.2) is 28.0 Å². The minimum atomic E-state index is -2.97. The van der Waals surface area contributed by atoms with E-state index < -0.39 is 26.2 Å². The molecule has 0 amide bonds. The quantitative estimate of drug-likeness (QED) is 0.515. The standard InChI is InChI=1S/C5H8NO6P/c6-3(5(8)9)1-2-4(7)12-13(10)11/h3H,1-2,6H2,(H-,8,9,10,11)/p+1/t3-/m0/s1. The number of carboxylic acids is 1. The van der Waals surface area contributed by atoms with Gasteiger partial charge in [-0.25, -0.2) is 4.79 Å². The first kappa shape index (κ1) is 12.0. The first-order valence-electron chi connectivity index (χ1n) is 3.28. The van der Waals surface area contributed by atoms with Crippen LogP contribution < -0.4 is 5.73 Å². The van der Waals surface area contributed by atoms with Gasteiger partial charge in [-0.2, -0.15) is 4.52 Å². The molecule has 0 fully saturated rings. The number of hydrogen-bond acceptors (Lipinski definition) is 5. The van der Waals surface area contributed by atoms with Crippen LogP contribution in [0.4, 0.5) is 0 Å². The normalized spacial score (nSPS) is 13.2. The Hall–Kier alpha value is -1.04. The molecule has 0 saturated carbocycles. The Bertz CT molecular complexity index is 229. The predicted octanol–water partition coefficient (Wildman–Crippen LogP) is -0.629. The summed E-state index contributed by atoms with van der Waals surface area (Å²) < 4.78 is 13.8. The van der Waals surface area contributed by atoms with Gasteiger partial charge in [0.25, 0.3) is 0 Å². The van der Waals surface area contributed by atoms with Crippen LogP contribution in [0, 0.1) is 0 Å². The van der Waals surface area contributed by atoms with Gasteiger partial charge < -0.3 is 10.8 Å². The number of rotatable bonds is 5. The molecule has 4 N–H and O–H groups in total. The molecule has 0 rings (SSSR count). The Balaban J connectivity index is 3.70. The zero-order chi connectivity index (χ0) is 10.4. The van der Waals surface area contributed by atoms with Crippen molar-refractivity contribution in [1.29, 1.82) is 0 Å². The van der Waals surface area contributed by atoms with E-state index in [2.05, 4.69) is 4.52 Å². The number of aliphatic carboxylic acids is 1. The highest BCUT2D eigenvalue weighted by Gasteiger charge is 2.22. The van der Waals surface area contributed by atoms with Gasteiger partial charge in [0.05, 0.1) is 6.42 Å². The fourth-order valence-electron chi connectivity index (χ4n) is 0.530. The topological polar surface area (TPSA) is 127 Å². The van der Waals surface area contributed by atoms with Gasteiger partial charge >= 0.3 is 20.2 Å². The van der Waals surface area contributed by atoms with Gasteiger partial charge in [0.1, 0.15) is 6.04 Å².